The number of unbranched alkanes of at least 4 members (excludes halogenated alkanes) is 1. The largest absolute Gasteiger partial charge is 0.490 e. The van der Waals surface area contributed by atoms with E-state index in [1.54, 1.807) is 0 Å². The number of para-hydroxylation sites is 1. The van der Waals surface area contributed by atoms with Crippen LogP contribution in [0.2, 0.25) is 0 Å². The van der Waals surface area contributed by atoms with Gasteiger partial charge in [-0.2, -0.15) is 5.10 Å². The van der Waals surface area contributed by atoms with E-state index in [-0.39, 0.29) is 35.1 Å². The third-order valence-corrected chi connectivity index (χ3v) is 17.5. The van der Waals surface area contributed by atoms with E-state index in [1.807, 2.05) is 99.2 Å². The summed E-state index contributed by atoms with van der Waals surface area (Å²) in [5.74, 6) is 0.573. The minimum absolute atomic E-state index is 0.0652. The molecular weight excluding hydrogens is 1010 g/mol. The van der Waals surface area contributed by atoms with Crippen LogP contribution < -0.4 is 25.2 Å². The molecule has 1 aliphatic carbocycles. The van der Waals surface area contributed by atoms with Gasteiger partial charge < -0.3 is 19.3 Å². The maximum absolute atomic E-state index is 14.2. The van der Waals surface area contributed by atoms with Gasteiger partial charge in [0.25, 0.3) is 5.91 Å². The Kier molecular flexibility index (Phi) is 15.1. The van der Waals surface area contributed by atoms with Gasteiger partial charge >= 0.3 is 5.97 Å². The molecule has 3 aromatic heterocycles. The zero-order valence-electron chi connectivity index (χ0n) is 46.7. The third kappa shape index (κ3) is 11.6. The van der Waals surface area contributed by atoms with Crippen LogP contribution in [-0.2, 0) is 34.3 Å². The van der Waals surface area contributed by atoms with Gasteiger partial charge in [0.1, 0.15) is 17.2 Å². The fraction of sp³-hybridized carbons (Fsp3) is 0.444. The minimum Gasteiger partial charge on any atom is -0.490 e. The fourth-order valence-corrected chi connectivity index (χ4v) is 13.4. The zero-order chi connectivity index (χ0) is 55.2. The lowest BCUT2D eigenvalue weighted by Gasteiger charge is -2.48. The highest BCUT2D eigenvalue weighted by Crippen LogP contribution is 2.39. The lowest BCUT2D eigenvalue weighted by atomic mass is 9.84. The first-order chi connectivity index (χ1) is 37.9. The summed E-state index contributed by atoms with van der Waals surface area (Å²) < 4.78 is 15.7. The molecule has 15 nitrogen and oxygen atoms in total. The van der Waals surface area contributed by atoms with E-state index in [0.29, 0.717) is 53.9 Å². The van der Waals surface area contributed by atoms with Crippen molar-refractivity contribution in [2.45, 2.75) is 135 Å². The molecule has 412 valence electrons. The molecule has 1 saturated carbocycles. The average molecular weight is 1080 g/mol. The lowest BCUT2D eigenvalue weighted by molar-refractivity contribution is -0.134. The monoisotopic (exact) mass is 1080 g/mol. The number of benzene rings is 4. The first kappa shape index (κ1) is 53.8. The van der Waals surface area contributed by atoms with Gasteiger partial charge in [0.2, 0.25) is 11.8 Å². The van der Waals surface area contributed by atoms with Crippen LogP contribution in [0.3, 0.4) is 0 Å². The molecule has 7 aromatic rings. The zero-order valence-corrected chi connectivity index (χ0v) is 47.5. The van der Waals surface area contributed by atoms with Crippen molar-refractivity contribution in [1.82, 2.24) is 30.0 Å². The van der Waals surface area contributed by atoms with Crippen molar-refractivity contribution < 1.29 is 28.7 Å². The second-order valence-corrected chi connectivity index (χ2v) is 24.8. The van der Waals surface area contributed by atoms with Crippen LogP contribution >= 0.6 is 11.3 Å². The number of imide groups is 1. The molecule has 0 bridgehead atoms. The highest BCUT2D eigenvalue weighted by molar-refractivity contribution is 7.22. The third-order valence-electron chi connectivity index (χ3n) is 16.6. The van der Waals surface area contributed by atoms with E-state index >= 15 is 0 Å². The molecule has 79 heavy (non-hydrogen) atoms. The van der Waals surface area contributed by atoms with Gasteiger partial charge in [0.15, 0.2) is 10.8 Å². The number of anilines is 3. The number of ether oxygens (including phenoxy) is 2. The van der Waals surface area contributed by atoms with Crippen molar-refractivity contribution in [2.75, 3.05) is 47.8 Å². The number of hydrogen-bond acceptors (Lipinski definition) is 13. The van der Waals surface area contributed by atoms with Gasteiger partial charge in [-0.1, -0.05) is 60.6 Å². The summed E-state index contributed by atoms with van der Waals surface area (Å²) in [7, 11) is 1.93. The van der Waals surface area contributed by atoms with Crippen molar-refractivity contribution in [3.05, 3.63) is 125 Å². The molecule has 6 heterocycles. The Morgan fingerprint density at radius 2 is 1.67 bits per heavy atom. The molecule has 2 saturated heterocycles. The summed E-state index contributed by atoms with van der Waals surface area (Å²) in [6.45, 7) is 17.5. The van der Waals surface area contributed by atoms with Gasteiger partial charge in [-0.05, 0) is 176 Å². The van der Waals surface area contributed by atoms with E-state index in [9.17, 15) is 19.2 Å². The van der Waals surface area contributed by atoms with Crippen LogP contribution in [0.1, 0.15) is 142 Å². The number of carbonyl (C=O) groups is 4. The van der Waals surface area contributed by atoms with Crippen molar-refractivity contribution in [1.29, 1.82) is 0 Å². The maximum atomic E-state index is 14.2. The van der Waals surface area contributed by atoms with Gasteiger partial charge in [-0.3, -0.25) is 34.6 Å². The number of piperidine rings is 1. The van der Waals surface area contributed by atoms with Gasteiger partial charge in [0, 0.05) is 73.9 Å². The number of thiazole rings is 1. The Bertz CT molecular complexity index is 3430. The quantitative estimate of drug-likeness (QED) is 0.0603. The summed E-state index contributed by atoms with van der Waals surface area (Å²) in [6.07, 6.45) is 9.60. The predicted octanol–water partition coefficient (Wildman–Crippen LogP) is 11.6. The Hall–Kier alpha value is -7.17. The fourth-order valence-electron chi connectivity index (χ4n) is 12.5. The van der Waals surface area contributed by atoms with Crippen LogP contribution in [0.15, 0.2) is 91.0 Å². The van der Waals surface area contributed by atoms with E-state index in [4.69, 9.17) is 19.6 Å². The second-order valence-electron chi connectivity index (χ2n) is 23.8. The number of amides is 3. The lowest BCUT2D eigenvalue weighted by Crippen LogP contribution is -2.59. The average Bonchev–Trinajstić information content (AvgIpc) is 4.13. The maximum Gasteiger partial charge on any atom is 0.358 e. The molecule has 0 spiro atoms. The summed E-state index contributed by atoms with van der Waals surface area (Å²) in [5.41, 5.74) is 8.37. The highest BCUT2D eigenvalue weighted by atomic mass is 32.1. The number of carbonyl (C=O) groups excluding carboxylic acids is 4. The normalized spacial score (nSPS) is 19.8. The van der Waals surface area contributed by atoms with E-state index in [2.05, 4.69) is 75.4 Å². The van der Waals surface area contributed by atoms with Crippen LogP contribution in [-0.4, -0.2) is 98.3 Å². The number of nitrogens with zero attached hydrogens (tertiary/aromatic N) is 7. The molecule has 3 amide bonds. The van der Waals surface area contributed by atoms with Crippen molar-refractivity contribution in [3.63, 3.8) is 0 Å². The molecule has 0 radical (unpaired) electrons. The highest BCUT2D eigenvalue weighted by Gasteiger charge is 2.36. The molecular formula is C63H73N9O6S. The number of aromatic nitrogens is 4. The predicted molar refractivity (Wildman–Crippen MR) is 312 cm³/mol. The number of hydrogen-bond donors (Lipinski definition) is 2. The Labute approximate surface area is 467 Å². The van der Waals surface area contributed by atoms with Crippen LogP contribution in [0.4, 0.5) is 16.6 Å². The molecule has 11 rings (SSSR count). The molecule has 4 aromatic carbocycles. The number of piperazine rings is 1. The first-order valence-corrected chi connectivity index (χ1v) is 29.1. The number of esters is 1. The number of rotatable bonds is 14. The molecule has 1 unspecified atom stereocenters. The van der Waals surface area contributed by atoms with Crippen molar-refractivity contribution in [3.8, 4) is 16.9 Å². The number of pyridine rings is 1. The number of aryl methyl sites for hydroxylation is 1. The molecule has 4 aliphatic rings. The SMILES string of the molecule is Cc1c(O[C@H]2CC[C@H](CCCCN3CCN(c4ccc5c(C6CCC(=O)NC6=O)nn(C)c5c4)C(C)(C)C3)CC2)cccc1-c1ccc(N2CCc3cccc(C(=O)Nc4nc5ccccc5s4)c3C2)nc1C(=O)OC(C)(C)C. The Morgan fingerprint density at radius 3 is 2.46 bits per heavy atom. The summed E-state index contributed by atoms with van der Waals surface area (Å²) in [4.78, 5) is 69.5. The molecule has 3 fully saturated rings. The van der Waals surface area contributed by atoms with Crippen LogP contribution in [0.25, 0.3) is 32.2 Å². The Morgan fingerprint density at radius 1 is 0.861 bits per heavy atom. The van der Waals surface area contributed by atoms with E-state index in [0.717, 1.165) is 119 Å². The van der Waals surface area contributed by atoms with Crippen LogP contribution in [0, 0.1) is 12.8 Å². The molecule has 3 aliphatic heterocycles. The minimum atomic E-state index is -0.732. The summed E-state index contributed by atoms with van der Waals surface area (Å²) in [5, 5.41) is 11.8. The van der Waals surface area contributed by atoms with Gasteiger partial charge in [-0.15, -0.1) is 0 Å². The van der Waals surface area contributed by atoms with Crippen molar-refractivity contribution in [2.24, 2.45) is 13.0 Å². The smallest absolute Gasteiger partial charge is 0.358 e. The molecule has 2 N–H and O–H groups in total. The topological polar surface area (TPSA) is 164 Å². The standard InChI is InChI=1S/C63H73N9O6S/c1-39-44(45-27-29-54(65-57(45)60(76)78-62(2,3)4)71-33-31-41-15-12-17-46(49(41)37-71)58(74)67-61-64-50-18-8-9-20-53(50)79-61)16-13-19-52(39)77-43-24-21-40(22-25-43)14-10-11-32-70-34-35-72(63(5,6)38-70)42-23-26-47-51(36-42)69(7)68-56(47)48-28-30-55(73)66-59(48)75/h8-9,12-13,15-20,23,26-27,29,36,40,43,48H,10-11,14,21-22,24-25,28,30-35,37-38H2,1-7H3,(H,64,67,74)(H,66,73,75)/t40-,43-,48?. The van der Waals surface area contributed by atoms with E-state index in [1.165, 1.54) is 30.6 Å². The van der Waals surface area contributed by atoms with Crippen LogP contribution in [0.5, 0.6) is 5.75 Å². The van der Waals surface area contributed by atoms with Gasteiger partial charge in [-0.25, -0.2) is 14.8 Å². The van der Waals surface area contributed by atoms with Gasteiger partial charge in [0.05, 0.1) is 33.4 Å². The first-order valence-electron chi connectivity index (χ1n) is 28.3. The van der Waals surface area contributed by atoms with E-state index < -0.39 is 17.5 Å². The summed E-state index contributed by atoms with van der Waals surface area (Å²) >= 11 is 1.45. The summed E-state index contributed by atoms with van der Waals surface area (Å²) in [6, 6.07) is 30.2. The van der Waals surface area contributed by atoms with Crippen molar-refractivity contribution >= 4 is 72.8 Å². The Balaban J connectivity index is 0.686. The molecule has 1 atom stereocenters. The second kappa shape index (κ2) is 22.2. The molecule has 16 heteroatoms. The number of nitrogens with one attached hydrogen (secondary N) is 2. The number of fused-ring (bicyclic) bond motifs is 3.